The molecule has 1 heterocycles. The molecule has 0 fully saturated rings. The van der Waals surface area contributed by atoms with Crippen LogP contribution in [-0.2, 0) is 11.2 Å². The maximum atomic E-state index is 12.6. The van der Waals surface area contributed by atoms with Crippen molar-refractivity contribution in [3.8, 4) is 0 Å². The molecule has 0 aliphatic rings. The van der Waals surface area contributed by atoms with Crippen molar-refractivity contribution in [1.82, 2.24) is 15.6 Å². The molecule has 152 valence electrons. The standard InChI is InChI=1S/C21H29N3O2S2/c1-15-7-6-8-17(13-15)20(25)24-18(10-12-27-3)21(26)22-11-5-4-9-19-23-16(2)14-28-19/h6-8,13-14,18H,4-5,9-12H2,1-3H3,(H,22,26)(H,24,25). The lowest BCUT2D eigenvalue weighted by molar-refractivity contribution is -0.123. The van der Waals surface area contributed by atoms with Crippen LogP contribution in [0.5, 0.6) is 0 Å². The Hall–Kier alpha value is -1.86. The average Bonchev–Trinajstić information content (AvgIpc) is 3.09. The molecule has 5 nitrogen and oxygen atoms in total. The highest BCUT2D eigenvalue weighted by atomic mass is 32.2. The van der Waals surface area contributed by atoms with Gasteiger partial charge in [-0.25, -0.2) is 4.98 Å². The van der Waals surface area contributed by atoms with Crippen LogP contribution >= 0.6 is 23.1 Å². The first-order chi connectivity index (χ1) is 13.5. The van der Waals surface area contributed by atoms with Crippen molar-refractivity contribution in [2.75, 3.05) is 18.6 Å². The van der Waals surface area contributed by atoms with Crippen LogP contribution in [0.1, 0.15) is 45.9 Å². The largest absolute Gasteiger partial charge is 0.354 e. The number of aromatic nitrogens is 1. The summed E-state index contributed by atoms with van der Waals surface area (Å²) < 4.78 is 0. The second-order valence-corrected chi connectivity index (χ2v) is 8.74. The first-order valence-electron chi connectivity index (χ1n) is 9.54. The summed E-state index contributed by atoms with van der Waals surface area (Å²) in [5.74, 6) is 0.500. The zero-order chi connectivity index (χ0) is 20.4. The smallest absolute Gasteiger partial charge is 0.251 e. The molecular formula is C21H29N3O2S2. The van der Waals surface area contributed by atoms with E-state index in [9.17, 15) is 9.59 Å². The molecule has 1 aromatic heterocycles. The Balaban J connectivity index is 1.79. The van der Waals surface area contributed by atoms with Crippen molar-refractivity contribution in [2.24, 2.45) is 0 Å². The van der Waals surface area contributed by atoms with Gasteiger partial charge in [-0.05, 0) is 63.7 Å². The number of aryl methyl sites for hydroxylation is 3. The maximum Gasteiger partial charge on any atom is 0.251 e. The van der Waals surface area contributed by atoms with Gasteiger partial charge in [0, 0.05) is 23.2 Å². The molecule has 2 amide bonds. The van der Waals surface area contributed by atoms with Crippen molar-refractivity contribution in [2.45, 2.75) is 45.6 Å². The van der Waals surface area contributed by atoms with E-state index in [1.165, 1.54) is 0 Å². The second kappa shape index (κ2) is 11.9. The van der Waals surface area contributed by atoms with Crippen LogP contribution in [0, 0.1) is 13.8 Å². The minimum atomic E-state index is -0.512. The van der Waals surface area contributed by atoms with Crippen LogP contribution in [0.25, 0.3) is 0 Å². The molecule has 2 aromatic rings. The van der Waals surface area contributed by atoms with Gasteiger partial charge in [-0.15, -0.1) is 11.3 Å². The first-order valence-corrected chi connectivity index (χ1v) is 11.8. The molecule has 1 atom stereocenters. The number of carbonyl (C=O) groups excluding carboxylic acids is 2. The normalized spacial score (nSPS) is 11.8. The highest BCUT2D eigenvalue weighted by Gasteiger charge is 2.20. The lowest BCUT2D eigenvalue weighted by atomic mass is 10.1. The summed E-state index contributed by atoms with van der Waals surface area (Å²) in [6.07, 6.45) is 5.43. The third-order valence-corrected chi connectivity index (χ3v) is 5.97. The molecule has 0 saturated heterocycles. The third-order valence-electron chi connectivity index (χ3n) is 4.30. The highest BCUT2D eigenvalue weighted by Crippen LogP contribution is 2.11. The summed E-state index contributed by atoms with van der Waals surface area (Å²) in [6.45, 7) is 4.56. The molecule has 0 saturated carbocycles. The molecule has 1 aromatic carbocycles. The van der Waals surface area contributed by atoms with E-state index in [1.54, 1.807) is 29.2 Å². The van der Waals surface area contributed by atoms with E-state index in [0.29, 0.717) is 18.5 Å². The highest BCUT2D eigenvalue weighted by molar-refractivity contribution is 7.98. The van der Waals surface area contributed by atoms with E-state index in [-0.39, 0.29) is 11.8 Å². The number of thiazole rings is 1. The van der Waals surface area contributed by atoms with Gasteiger partial charge in [-0.2, -0.15) is 11.8 Å². The number of hydrogen-bond acceptors (Lipinski definition) is 5. The van der Waals surface area contributed by atoms with Crippen molar-refractivity contribution in [3.63, 3.8) is 0 Å². The van der Waals surface area contributed by atoms with Crippen LogP contribution in [0.15, 0.2) is 29.6 Å². The third kappa shape index (κ3) is 7.64. The number of nitrogens with zero attached hydrogens (tertiary/aromatic N) is 1. The van der Waals surface area contributed by atoms with Gasteiger partial charge in [-0.3, -0.25) is 9.59 Å². The fraction of sp³-hybridized carbons (Fsp3) is 0.476. The topological polar surface area (TPSA) is 71.1 Å². The number of nitrogens with one attached hydrogen (secondary N) is 2. The van der Waals surface area contributed by atoms with Gasteiger partial charge in [0.25, 0.3) is 5.91 Å². The molecular weight excluding hydrogens is 390 g/mol. The van der Waals surface area contributed by atoms with E-state index in [4.69, 9.17) is 0 Å². The summed E-state index contributed by atoms with van der Waals surface area (Å²) in [7, 11) is 0. The summed E-state index contributed by atoms with van der Waals surface area (Å²) in [4.78, 5) is 29.5. The van der Waals surface area contributed by atoms with Crippen molar-refractivity contribution < 1.29 is 9.59 Å². The summed E-state index contributed by atoms with van der Waals surface area (Å²) in [5.41, 5.74) is 2.67. The zero-order valence-corrected chi connectivity index (χ0v) is 18.4. The predicted octanol–water partition coefficient (Wildman–Crippen LogP) is 3.75. The summed E-state index contributed by atoms with van der Waals surface area (Å²) >= 11 is 3.35. The quantitative estimate of drug-likeness (QED) is 0.544. The molecule has 28 heavy (non-hydrogen) atoms. The lowest BCUT2D eigenvalue weighted by Crippen LogP contribution is -2.47. The molecule has 0 bridgehead atoms. The van der Waals surface area contributed by atoms with Crippen molar-refractivity contribution in [3.05, 3.63) is 51.5 Å². The van der Waals surface area contributed by atoms with Gasteiger partial charge in [0.15, 0.2) is 0 Å². The molecule has 2 N–H and O–H groups in total. The Kier molecular flexibility index (Phi) is 9.50. The van der Waals surface area contributed by atoms with E-state index in [1.807, 2.05) is 38.3 Å². The number of rotatable bonds is 11. The lowest BCUT2D eigenvalue weighted by Gasteiger charge is -2.18. The van der Waals surface area contributed by atoms with Crippen molar-refractivity contribution >= 4 is 34.9 Å². The van der Waals surface area contributed by atoms with Gasteiger partial charge in [0.1, 0.15) is 6.04 Å². The van der Waals surface area contributed by atoms with Crippen LogP contribution < -0.4 is 10.6 Å². The summed E-state index contributed by atoms with van der Waals surface area (Å²) in [6, 6.07) is 6.89. The Bertz CT molecular complexity index is 777. The van der Waals surface area contributed by atoms with Gasteiger partial charge in [0.05, 0.1) is 5.01 Å². The molecule has 2 rings (SSSR count). The van der Waals surface area contributed by atoms with E-state index >= 15 is 0 Å². The number of hydrogen-bond donors (Lipinski definition) is 2. The minimum absolute atomic E-state index is 0.111. The molecule has 7 heteroatoms. The van der Waals surface area contributed by atoms with Crippen LogP contribution in [-0.4, -0.2) is 41.4 Å². The predicted molar refractivity (Wildman–Crippen MR) is 118 cm³/mol. The SMILES string of the molecule is CSCCC(NC(=O)c1cccc(C)c1)C(=O)NCCCCc1nc(C)cs1. The number of amides is 2. The maximum absolute atomic E-state index is 12.6. The monoisotopic (exact) mass is 419 g/mol. The molecule has 0 aliphatic carbocycles. The van der Waals surface area contributed by atoms with Crippen molar-refractivity contribution in [1.29, 1.82) is 0 Å². The number of unbranched alkanes of at least 4 members (excludes halogenated alkanes) is 1. The number of thioether (sulfide) groups is 1. The fourth-order valence-electron chi connectivity index (χ4n) is 2.79. The van der Waals surface area contributed by atoms with E-state index < -0.39 is 6.04 Å². The minimum Gasteiger partial charge on any atom is -0.354 e. The first kappa shape index (κ1) is 22.4. The van der Waals surface area contributed by atoms with Crippen LogP contribution in [0.2, 0.25) is 0 Å². The van der Waals surface area contributed by atoms with Crippen LogP contribution in [0.4, 0.5) is 0 Å². The molecule has 0 spiro atoms. The second-order valence-electron chi connectivity index (χ2n) is 6.81. The Labute approximate surface area is 175 Å². The average molecular weight is 420 g/mol. The van der Waals surface area contributed by atoms with Gasteiger partial charge >= 0.3 is 0 Å². The molecule has 0 radical (unpaired) electrons. The van der Waals surface area contributed by atoms with Gasteiger partial charge in [0.2, 0.25) is 5.91 Å². The Morgan fingerprint density at radius 3 is 2.75 bits per heavy atom. The van der Waals surface area contributed by atoms with E-state index in [2.05, 4.69) is 21.0 Å². The molecule has 0 aliphatic heterocycles. The number of benzene rings is 1. The van der Waals surface area contributed by atoms with Gasteiger partial charge in [-0.1, -0.05) is 17.7 Å². The van der Waals surface area contributed by atoms with E-state index in [0.717, 1.165) is 41.3 Å². The fourth-order valence-corrected chi connectivity index (χ4v) is 4.08. The number of carbonyl (C=O) groups is 2. The Morgan fingerprint density at radius 2 is 2.07 bits per heavy atom. The summed E-state index contributed by atoms with van der Waals surface area (Å²) in [5, 5.41) is 9.07. The molecule has 1 unspecified atom stereocenters. The van der Waals surface area contributed by atoms with Crippen LogP contribution in [0.3, 0.4) is 0 Å². The zero-order valence-electron chi connectivity index (χ0n) is 16.8. The van der Waals surface area contributed by atoms with Gasteiger partial charge < -0.3 is 10.6 Å². The Morgan fingerprint density at radius 1 is 1.25 bits per heavy atom.